The molecule has 0 amide bonds. The quantitative estimate of drug-likeness (QED) is 0.779. The number of nitrogens with zero attached hydrogens (tertiary/aromatic N) is 2. The molecule has 1 N–H and O–H groups in total. The van der Waals surface area contributed by atoms with Crippen molar-refractivity contribution in [1.29, 1.82) is 0 Å². The van der Waals surface area contributed by atoms with Gasteiger partial charge in [-0.15, -0.1) is 16.7 Å². The average molecular weight is 218 g/mol. The van der Waals surface area contributed by atoms with Crippen LogP contribution in [0.25, 0.3) is 0 Å². The zero-order valence-corrected chi connectivity index (χ0v) is 8.62. The van der Waals surface area contributed by atoms with Gasteiger partial charge in [0, 0.05) is 12.9 Å². The monoisotopic (exact) mass is 217 g/mol. The molecule has 0 aliphatic carbocycles. The van der Waals surface area contributed by atoms with Crippen LogP contribution in [0.3, 0.4) is 0 Å². The minimum atomic E-state index is -0.0895. The first-order chi connectivity index (χ1) is 6.83. The van der Waals surface area contributed by atoms with Crippen LogP contribution in [-0.4, -0.2) is 29.2 Å². The van der Waals surface area contributed by atoms with Crippen molar-refractivity contribution >= 4 is 17.6 Å². The van der Waals surface area contributed by atoms with Crippen LogP contribution in [-0.2, 0) is 4.74 Å². The van der Waals surface area contributed by atoms with Gasteiger partial charge in [-0.25, -0.2) is 0 Å². The van der Waals surface area contributed by atoms with Gasteiger partial charge in [-0.3, -0.25) is 0 Å². The maximum atomic E-state index is 5.69. The predicted octanol–water partition coefficient (Wildman–Crippen LogP) is 1.57. The second-order valence-electron chi connectivity index (χ2n) is 3.17. The molecule has 2 heterocycles. The van der Waals surface area contributed by atoms with Crippen molar-refractivity contribution in [3.05, 3.63) is 5.89 Å². The number of hydrogen-bond acceptors (Lipinski definition) is 5. The van der Waals surface area contributed by atoms with E-state index >= 15 is 0 Å². The number of nitrogens with one attached hydrogen (secondary N) is 1. The summed E-state index contributed by atoms with van der Waals surface area (Å²) in [7, 11) is 1.73. The summed E-state index contributed by atoms with van der Waals surface area (Å²) in [4.78, 5) is 0. The van der Waals surface area contributed by atoms with Gasteiger partial charge in [0.1, 0.15) is 6.10 Å². The van der Waals surface area contributed by atoms with E-state index in [1.165, 1.54) is 0 Å². The van der Waals surface area contributed by atoms with Crippen molar-refractivity contribution in [2.45, 2.75) is 25.0 Å². The van der Waals surface area contributed by atoms with Crippen LogP contribution in [0, 0.1) is 0 Å². The van der Waals surface area contributed by atoms with E-state index in [0.717, 1.165) is 12.8 Å². The third-order valence-corrected chi connectivity index (χ3v) is 2.55. The molecule has 2 atom stereocenters. The lowest BCUT2D eigenvalue weighted by molar-refractivity contribution is 0.0412. The van der Waals surface area contributed by atoms with Crippen LogP contribution < -0.4 is 5.32 Å². The lowest BCUT2D eigenvalue weighted by atomic mass is 10.2. The molecule has 1 aromatic rings. The summed E-state index contributed by atoms with van der Waals surface area (Å²) in [6.45, 7) is 0. The van der Waals surface area contributed by atoms with E-state index in [9.17, 15) is 0 Å². The molecule has 1 aliphatic heterocycles. The maximum absolute atomic E-state index is 5.69. The largest absolute Gasteiger partial charge is 0.405 e. The Morgan fingerprint density at radius 3 is 2.93 bits per heavy atom. The van der Waals surface area contributed by atoms with Gasteiger partial charge in [0.15, 0.2) is 0 Å². The first-order valence-electron chi connectivity index (χ1n) is 4.56. The lowest BCUT2D eigenvalue weighted by Gasteiger charge is -2.06. The molecule has 1 fully saturated rings. The normalized spacial score (nSPS) is 26.7. The third-order valence-electron chi connectivity index (χ3n) is 2.21. The van der Waals surface area contributed by atoms with E-state index in [2.05, 4.69) is 15.5 Å². The number of rotatable bonds is 3. The Labute approximate surface area is 86.8 Å². The van der Waals surface area contributed by atoms with Gasteiger partial charge >= 0.3 is 6.01 Å². The number of ether oxygens (including phenoxy) is 1. The molecule has 1 saturated heterocycles. The number of halogens is 1. The van der Waals surface area contributed by atoms with Crippen molar-refractivity contribution in [2.24, 2.45) is 0 Å². The van der Waals surface area contributed by atoms with Gasteiger partial charge in [-0.1, -0.05) is 5.10 Å². The van der Waals surface area contributed by atoms with E-state index in [-0.39, 0.29) is 12.2 Å². The summed E-state index contributed by atoms with van der Waals surface area (Å²) < 4.78 is 10.9. The van der Waals surface area contributed by atoms with Crippen LogP contribution in [0.1, 0.15) is 24.8 Å². The number of anilines is 1. The fourth-order valence-electron chi connectivity index (χ4n) is 1.47. The highest BCUT2D eigenvalue weighted by molar-refractivity contribution is 6.18. The van der Waals surface area contributed by atoms with E-state index < -0.39 is 0 Å². The Kier molecular flexibility index (Phi) is 2.88. The van der Waals surface area contributed by atoms with Crippen LogP contribution in [0.2, 0.25) is 0 Å². The topological polar surface area (TPSA) is 60.2 Å². The Hall–Kier alpha value is -0.810. The molecule has 0 spiro atoms. The molecule has 2 rings (SSSR count). The van der Waals surface area contributed by atoms with Gasteiger partial charge in [0.05, 0.1) is 6.10 Å². The van der Waals surface area contributed by atoms with E-state index in [0.29, 0.717) is 17.8 Å². The molecule has 0 bridgehead atoms. The molecule has 1 aliphatic rings. The highest BCUT2D eigenvalue weighted by Gasteiger charge is 2.29. The van der Waals surface area contributed by atoms with Crippen LogP contribution in [0.15, 0.2) is 4.42 Å². The SMILES string of the molecule is CNc1nnc([C@@H]2CC[C@@H](CCl)O2)o1. The smallest absolute Gasteiger partial charge is 0.315 e. The molecule has 78 valence electrons. The molecule has 14 heavy (non-hydrogen) atoms. The molecule has 0 saturated carbocycles. The molecular formula is C8H12ClN3O2. The lowest BCUT2D eigenvalue weighted by Crippen LogP contribution is -2.07. The highest BCUT2D eigenvalue weighted by Crippen LogP contribution is 2.32. The molecular weight excluding hydrogens is 206 g/mol. The molecule has 5 nitrogen and oxygen atoms in total. The zero-order chi connectivity index (χ0) is 9.97. The summed E-state index contributed by atoms with van der Waals surface area (Å²) >= 11 is 5.69. The van der Waals surface area contributed by atoms with E-state index in [1.54, 1.807) is 7.05 Å². The van der Waals surface area contributed by atoms with Crippen LogP contribution >= 0.6 is 11.6 Å². The fraction of sp³-hybridized carbons (Fsp3) is 0.750. The first kappa shape index (κ1) is 9.73. The summed E-state index contributed by atoms with van der Waals surface area (Å²) in [5.74, 6) is 1.05. The minimum absolute atomic E-state index is 0.0895. The highest BCUT2D eigenvalue weighted by atomic mass is 35.5. The Balaban J connectivity index is 2.02. The number of alkyl halides is 1. The second kappa shape index (κ2) is 4.14. The third kappa shape index (κ3) is 1.83. The number of aromatic nitrogens is 2. The van der Waals surface area contributed by atoms with Crippen molar-refractivity contribution in [2.75, 3.05) is 18.2 Å². The zero-order valence-electron chi connectivity index (χ0n) is 7.86. The van der Waals surface area contributed by atoms with Gasteiger partial charge in [0.25, 0.3) is 0 Å². The first-order valence-corrected chi connectivity index (χ1v) is 5.09. The van der Waals surface area contributed by atoms with Gasteiger partial charge < -0.3 is 14.5 Å². The summed E-state index contributed by atoms with van der Waals surface area (Å²) in [5, 5.41) is 10.5. The van der Waals surface area contributed by atoms with Crippen molar-refractivity contribution in [3.63, 3.8) is 0 Å². The summed E-state index contributed by atoms with van der Waals surface area (Å²) in [5.41, 5.74) is 0. The fourth-order valence-corrected chi connectivity index (χ4v) is 1.69. The predicted molar refractivity (Wildman–Crippen MR) is 51.4 cm³/mol. The van der Waals surface area contributed by atoms with Crippen LogP contribution in [0.4, 0.5) is 6.01 Å². The Morgan fingerprint density at radius 2 is 2.36 bits per heavy atom. The Morgan fingerprint density at radius 1 is 1.50 bits per heavy atom. The van der Waals surface area contributed by atoms with Gasteiger partial charge in [-0.2, -0.15) is 0 Å². The van der Waals surface area contributed by atoms with E-state index in [1.807, 2.05) is 0 Å². The molecule has 6 heteroatoms. The average Bonchev–Trinajstić information content (AvgIpc) is 2.86. The minimum Gasteiger partial charge on any atom is -0.405 e. The maximum Gasteiger partial charge on any atom is 0.315 e. The molecule has 1 aromatic heterocycles. The van der Waals surface area contributed by atoms with Crippen molar-refractivity contribution in [1.82, 2.24) is 10.2 Å². The van der Waals surface area contributed by atoms with E-state index in [4.69, 9.17) is 20.8 Å². The Bertz CT molecular complexity index is 305. The van der Waals surface area contributed by atoms with Crippen molar-refractivity contribution < 1.29 is 9.15 Å². The standard InChI is InChI=1S/C8H12ClN3O2/c1-10-8-12-11-7(14-8)6-3-2-5(4-9)13-6/h5-6H,2-4H2,1H3,(H,10,12)/t5-,6-/m0/s1. The molecule has 0 aromatic carbocycles. The second-order valence-corrected chi connectivity index (χ2v) is 3.48. The van der Waals surface area contributed by atoms with Gasteiger partial charge in [0.2, 0.25) is 5.89 Å². The molecule has 0 unspecified atom stereocenters. The summed E-state index contributed by atoms with van der Waals surface area (Å²) in [6, 6.07) is 0.415. The number of hydrogen-bond donors (Lipinski definition) is 1. The van der Waals surface area contributed by atoms with Crippen molar-refractivity contribution in [3.8, 4) is 0 Å². The van der Waals surface area contributed by atoms with Gasteiger partial charge in [-0.05, 0) is 12.8 Å². The molecule has 0 radical (unpaired) electrons. The van der Waals surface area contributed by atoms with Crippen LogP contribution in [0.5, 0.6) is 0 Å². The summed E-state index contributed by atoms with van der Waals surface area (Å²) in [6.07, 6.45) is 1.87.